The number of aliphatic hydroxyl groups excluding tert-OH is 1. The summed E-state index contributed by atoms with van der Waals surface area (Å²) in [5, 5.41) is 13.1. The van der Waals surface area contributed by atoms with Gasteiger partial charge in [0.25, 0.3) is 0 Å². The van der Waals surface area contributed by atoms with Gasteiger partial charge in [0.2, 0.25) is 0 Å². The highest BCUT2D eigenvalue weighted by Crippen LogP contribution is 2.13. The second-order valence-electron chi connectivity index (χ2n) is 4.25. The monoisotopic (exact) mass is 222 g/mol. The molecule has 1 heterocycles. The molecule has 1 aromatic rings. The summed E-state index contributed by atoms with van der Waals surface area (Å²) in [6, 6.07) is 3.95. The smallest absolute Gasteiger partial charge is 0.125 e. The summed E-state index contributed by atoms with van der Waals surface area (Å²) in [4.78, 5) is 4.24. The largest absolute Gasteiger partial charge is 0.391 e. The van der Waals surface area contributed by atoms with E-state index in [1.54, 1.807) is 0 Å². The number of hydrogen-bond acceptors (Lipinski definition) is 3. The number of aromatic nitrogens is 1. The van der Waals surface area contributed by atoms with Crippen LogP contribution in [0, 0.1) is 12.8 Å². The zero-order valence-electron chi connectivity index (χ0n) is 10.4. The Kier molecular flexibility index (Phi) is 5.26. The SMILES string of the molecule is CCC(CC)C(O)CNc1ccc(C)cn1. The van der Waals surface area contributed by atoms with Crippen molar-refractivity contribution in [1.82, 2.24) is 4.98 Å². The van der Waals surface area contributed by atoms with Crippen LogP contribution in [0.5, 0.6) is 0 Å². The lowest BCUT2D eigenvalue weighted by molar-refractivity contribution is 0.114. The van der Waals surface area contributed by atoms with Gasteiger partial charge in [0.15, 0.2) is 0 Å². The first-order chi connectivity index (χ1) is 7.67. The van der Waals surface area contributed by atoms with E-state index in [-0.39, 0.29) is 6.10 Å². The molecule has 0 aliphatic rings. The maximum Gasteiger partial charge on any atom is 0.125 e. The minimum absolute atomic E-state index is 0.293. The lowest BCUT2D eigenvalue weighted by Gasteiger charge is -2.20. The predicted molar refractivity (Wildman–Crippen MR) is 67.5 cm³/mol. The molecule has 2 N–H and O–H groups in total. The third-order valence-electron chi connectivity index (χ3n) is 3.00. The number of rotatable bonds is 6. The molecule has 90 valence electrons. The number of aryl methyl sites for hydroxylation is 1. The fraction of sp³-hybridized carbons (Fsp3) is 0.615. The van der Waals surface area contributed by atoms with Crippen molar-refractivity contribution < 1.29 is 5.11 Å². The first kappa shape index (κ1) is 13.0. The van der Waals surface area contributed by atoms with Gasteiger partial charge in [0.05, 0.1) is 6.10 Å². The number of aliphatic hydroxyl groups is 1. The molecule has 16 heavy (non-hydrogen) atoms. The van der Waals surface area contributed by atoms with Crippen LogP contribution >= 0.6 is 0 Å². The lowest BCUT2D eigenvalue weighted by atomic mass is 9.97. The van der Waals surface area contributed by atoms with Crippen LogP contribution in [0.2, 0.25) is 0 Å². The van der Waals surface area contributed by atoms with Crippen LogP contribution in [-0.4, -0.2) is 22.7 Å². The Morgan fingerprint density at radius 2 is 2.00 bits per heavy atom. The highest BCUT2D eigenvalue weighted by atomic mass is 16.3. The summed E-state index contributed by atoms with van der Waals surface area (Å²) < 4.78 is 0. The van der Waals surface area contributed by atoms with Crippen LogP contribution in [0.15, 0.2) is 18.3 Å². The Hall–Kier alpha value is -1.09. The van der Waals surface area contributed by atoms with E-state index in [0.717, 1.165) is 24.2 Å². The van der Waals surface area contributed by atoms with Crippen LogP contribution in [0.3, 0.4) is 0 Å². The number of pyridine rings is 1. The van der Waals surface area contributed by atoms with Crippen molar-refractivity contribution in [3.8, 4) is 0 Å². The van der Waals surface area contributed by atoms with Gasteiger partial charge < -0.3 is 10.4 Å². The molecule has 1 aromatic heterocycles. The molecular formula is C13H22N2O. The number of anilines is 1. The summed E-state index contributed by atoms with van der Waals surface area (Å²) >= 11 is 0. The summed E-state index contributed by atoms with van der Waals surface area (Å²) in [5.74, 6) is 1.20. The minimum atomic E-state index is -0.293. The maximum atomic E-state index is 9.93. The Morgan fingerprint density at radius 1 is 1.31 bits per heavy atom. The first-order valence-corrected chi connectivity index (χ1v) is 6.02. The molecule has 0 amide bonds. The summed E-state index contributed by atoms with van der Waals surface area (Å²) in [6.07, 6.45) is 3.56. The molecule has 0 fully saturated rings. The summed E-state index contributed by atoms with van der Waals surface area (Å²) in [6.45, 7) is 6.81. The van der Waals surface area contributed by atoms with Gasteiger partial charge >= 0.3 is 0 Å². The van der Waals surface area contributed by atoms with Crippen molar-refractivity contribution in [2.75, 3.05) is 11.9 Å². The van der Waals surface area contributed by atoms with Gasteiger partial charge in [-0.3, -0.25) is 0 Å². The minimum Gasteiger partial charge on any atom is -0.391 e. The van der Waals surface area contributed by atoms with Gasteiger partial charge in [-0.15, -0.1) is 0 Å². The molecule has 0 bridgehead atoms. The number of nitrogens with one attached hydrogen (secondary N) is 1. The van der Waals surface area contributed by atoms with E-state index in [1.807, 2.05) is 25.3 Å². The van der Waals surface area contributed by atoms with Crippen molar-refractivity contribution in [2.24, 2.45) is 5.92 Å². The van der Waals surface area contributed by atoms with E-state index < -0.39 is 0 Å². The van der Waals surface area contributed by atoms with Gasteiger partial charge in [-0.05, 0) is 24.5 Å². The van der Waals surface area contributed by atoms with Crippen molar-refractivity contribution >= 4 is 5.82 Å². The molecular weight excluding hydrogens is 200 g/mol. The van der Waals surface area contributed by atoms with Crippen molar-refractivity contribution in [1.29, 1.82) is 0 Å². The van der Waals surface area contributed by atoms with E-state index in [4.69, 9.17) is 0 Å². The third kappa shape index (κ3) is 3.81. The van der Waals surface area contributed by atoms with Crippen LogP contribution in [0.25, 0.3) is 0 Å². The Bertz CT molecular complexity index is 293. The van der Waals surface area contributed by atoms with Gasteiger partial charge in [-0.2, -0.15) is 0 Å². The Labute approximate surface area is 97.9 Å². The topological polar surface area (TPSA) is 45.1 Å². The van der Waals surface area contributed by atoms with E-state index in [1.165, 1.54) is 0 Å². The lowest BCUT2D eigenvalue weighted by Crippen LogP contribution is -2.27. The van der Waals surface area contributed by atoms with Crippen molar-refractivity contribution in [3.05, 3.63) is 23.9 Å². The molecule has 1 unspecified atom stereocenters. The fourth-order valence-corrected chi connectivity index (χ4v) is 1.78. The molecule has 3 heteroatoms. The quantitative estimate of drug-likeness (QED) is 0.777. The second kappa shape index (κ2) is 6.48. The molecule has 0 aliphatic carbocycles. The standard InChI is InChI=1S/C13H22N2O/c1-4-11(5-2)12(16)9-15-13-7-6-10(3)8-14-13/h6-8,11-12,16H,4-5,9H2,1-3H3,(H,14,15). The molecule has 0 saturated heterocycles. The molecule has 0 radical (unpaired) electrons. The van der Waals surface area contributed by atoms with Crippen LogP contribution in [0.4, 0.5) is 5.82 Å². The van der Waals surface area contributed by atoms with Crippen LogP contribution < -0.4 is 5.32 Å². The molecule has 1 atom stereocenters. The normalized spacial score (nSPS) is 12.8. The van der Waals surface area contributed by atoms with E-state index in [9.17, 15) is 5.11 Å². The highest BCUT2D eigenvalue weighted by Gasteiger charge is 2.14. The van der Waals surface area contributed by atoms with E-state index in [2.05, 4.69) is 24.1 Å². The molecule has 0 saturated carbocycles. The van der Waals surface area contributed by atoms with Gasteiger partial charge in [0.1, 0.15) is 5.82 Å². The Balaban J connectivity index is 2.42. The summed E-state index contributed by atoms with van der Waals surface area (Å²) in [7, 11) is 0. The average Bonchev–Trinajstić information content (AvgIpc) is 2.30. The maximum absolute atomic E-state index is 9.93. The first-order valence-electron chi connectivity index (χ1n) is 6.02. The number of nitrogens with zero attached hydrogens (tertiary/aromatic N) is 1. The van der Waals surface area contributed by atoms with Gasteiger partial charge in [0, 0.05) is 12.7 Å². The molecule has 0 aliphatic heterocycles. The predicted octanol–water partition coefficient (Wildman–Crippen LogP) is 2.60. The van der Waals surface area contributed by atoms with Crippen LogP contribution in [0.1, 0.15) is 32.3 Å². The summed E-state index contributed by atoms with van der Waals surface area (Å²) in [5.41, 5.74) is 1.14. The van der Waals surface area contributed by atoms with Crippen molar-refractivity contribution in [2.45, 2.75) is 39.7 Å². The van der Waals surface area contributed by atoms with Crippen LogP contribution in [-0.2, 0) is 0 Å². The van der Waals surface area contributed by atoms with E-state index >= 15 is 0 Å². The van der Waals surface area contributed by atoms with Gasteiger partial charge in [-0.25, -0.2) is 4.98 Å². The fourth-order valence-electron chi connectivity index (χ4n) is 1.78. The third-order valence-corrected chi connectivity index (χ3v) is 3.00. The highest BCUT2D eigenvalue weighted by molar-refractivity contribution is 5.35. The van der Waals surface area contributed by atoms with E-state index in [0.29, 0.717) is 12.5 Å². The second-order valence-corrected chi connectivity index (χ2v) is 4.25. The zero-order chi connectivity index (χ0) is 12.0. The zero-order valence-corrected chi connectivity index (χ0v) is 10.4. The number of hydrogen-bond donors (Lipinski definition) is 2. The molecule has 3 nitrogen and oxygen atoms in total. The molecule has 1 rings (SSSR count). The van der Waals surface area contributed by atoms with Gasteiger partial charge in [-0.1, -0.05) is 32.8 Å². The average molecular weight is 222 g/mol. The molecule has 0 aromatic carbocycles. The molecule has 0 spiro atoms. The van der Waals surface area contributed by atoms with Crippen molar-refractivity contribution in [3.63, 3.8) is 0 Å². The Morgan fingerprint density at radius 3 is 2.50 bits per heavy atom.